The maximum atomic E-state index is 11.5. The van der Waals surface area contributed by atoms with E-state index >= 15 is 0 Å². The van der Waals surface area contributed by atoms with Gasteiger partial charge in [-0.3, -0.25) is 0 Å². The van der Waals surface area contributed by atoms with Crippen LogP contribution in [-0.2, 0) is 16.4 Å². The van der Waals surface area contributed by atoms with Gasteiger partial charge in [-0.1, -0.05) is 18.2 Å². The summed E-state index contributed by atoms with van der Waals surface area (Å²) in [7, 11) is -3.72. The van der Waals surface area contributed by atoms with Gasteiger partial charge in [0.05, 0.1) is 8.68 Å². The van der Waals surface area contributed by atoms with Crippen molar-refractivity contribution in [3.05, 3.63) is 80.5 Å². The number of para-hydroxylation sites is 1. The molecule has 7 heteroatoms. The van der Waals surface area contributed by atoms with Crippen molar-refractivity contribution in [3.8, 4) is 5.75 Å². The predicted molar refractivity (Wildman–Crippen MR) is 107 cm³/mol. The van der Waals surface area contributed by atoms with Crippen LogP contribution in [0.2, 0.25) is 0 Å². The Bertz CT molecular complexity index is 1120. The average Bonchev–Trinajstić information content (AvgIpc) is 3.06. The van der Waals surface area contributed by atoms with E-state index in [9.17, 15) is 8.42 Å². The normalized spacial score (nSPS) is 14.1. The van der Waals surface area contributed by atoms with Crippen LogP contribution in [0.25, 0.3) is 11.3 Å². The van der Waals surface area contributed by atoms with E-state index in [0.717, 1.165) is 43.3 Å². The van der Waals surface area contributed by atoms with Crippen molar-refractivity contribution in [2.24, 2.45) is 5.14 Å². The molecule has 1 aliphatic heterocycles. The molecule has 0 amide bonds. The first-order valence-corrected chi connectivity index (χ1v) is 11.0. The predicted octanol–water partition coefficient (Wildman–Crippen LogP) is 4.66. The van der Waals surface area contributed by atoms with Gasteiger partial charge in [0.25, 0.3) is 0 Å². The van der Waals surface area contributed by atoms with Gasteiger partial charge in [0.2, 0.25) is 10.0 Å². The fourth-order valence-electron chi connectivity index (χ4n) is 2.90. The molecule has 2 N–H and O–H groups in total. The fraction of sp³-hybridized carbons (Fsp3) is 0.0526. The van der Waals surface area contributed by atoms with Crippen LogP contribution in [-0.4, -0.2) is 8.42 Å². The second-order valence-electron chi connectivity index (χ2n) is 5.87. The third-order valence-corrected chi connectivity index (χ3v) is 6.75. The highest BCUT2D eigenvalue weighted by molar-refractivity contribution is 9.11. The molecule has 4 rings (SSSR count). The quantitative estimate of drug-likeness (QED) is 0.634. The number of benzene rings is 2. The van der Waals surface area contributed by atoms with Gasteiger partial charge in [0.15, 0.2) is 0 Å². The maximum Gasteiger partial charge on any atom is 0.238 e. The summed E-state index contributed by atoms with van der Waals surface area (Å²) in [6, 6.07) is 18.5. The second-order valence-corrected chi connectivity index (χ2v) is 9.89. The molecule has 0 fully saturated rings. The number of ether oxygens (including phenoxy) is 1. The molecule has 0 radical (unpaired) electrons. The summed E-state index contributed by atoms with van der Waals surface area (Å²) < 4.78 is 30.3. The zero-order valence-electron chi connectivity index (χ0n) is 13.5. The molecule has 132 valence electrons. The van der Waals surface area contributed by atoms with Crippen molar-refractivity contribution >= 4 is 48.6 Å². The molecule has 1 aromatic heterocycles. The minimum Gasteiger partial charge on any atom is -0.456 e. The minimum absolute atomic E-state index is 0.0819. The lowest BCUT2D eigenvalue weighted by Gasteiger charge is -2.23. The lowest BCUT2D eigenvalue weighted by Crippen LogP contribution is -2.12. The van der Waals surface area contributed by atoms with Crippen LogP contribution in [0.3, 0.4) is 0 Å². The molecular weight excluding hydrogens is 434 g/mol. The number of fused-ring (bicyclic) bond motifs is 1. The number of hydrogen-bond acceptors (Lipinski definition) is 4. The Morgan fingerprint density at radius 3 is 2.38 bits per heavy atom. The third kappa shape index (κ3) is 3.35. The summed E-state index contributed by atoms with van der Waals surface area (Å²) in [6.45, 7) is 0. The van der Waals surface area contributed by atoms with Crippen LogP contribution in [0, 0.1) is 0 Å². The zero-order chi connectivity index (χ0) is 18.3. The molecule has 0 bridgehead atoms. The summed E-state index contributed by atoms with van der Waals surface area (Å²) in [5.74, 6) is 1.55. The van der Waals surface area contributed by atoms with Crippen LogP contribution < -0.4 is 9.88 Å². The molecule has 0 atom stereocenters. The third-order valence-electron chi connectivity index (χ3n) is 4.14. The van der Waals surface area contributed by atoms with E-state index in [1.807, 2.05) is 24.3 Å². The van der Waals surface area contributed by atoms with E-state index in [1.54, 1.807) is 23.5 Å². The van der Waals surface area contributed by atoms with Crippen LogP contribution in [0.4, 0.5) is 0 Å². The Morgan fingerprint density at radius 1 is 1.00 bits per heavy atom. The van der Waals surface area contributed by atoms with Gasteiger partial charge in [0.1, 0.15) is 11.5 Å². The van der Waals surface area contributed by atoms with E-state index < -0.39 is 10.0 Å². The van der Waals surface area contributed by atoms with Crippen LogP contribution >= 0.6 is 27.3 Å². The van der Waals surface area contributed by atoms with E-state index in [0.29, 0.717) is 0 Å². The Labute approximate surface area is 164 Å². The molecule has 2 aromatic carbocycles. The molecule has 2 heterocycles. The van der Waals surface area contributed by atoms with E-state index in [2.05, 4.69) is 28.1 Å². The van der Waals surface area contributed by atoms with Crippen molar-refractivity contribution < 1.29 is 13.2 Å². The molecule has 0 spiro atoms. The van der Waals surface area contributed by atoms with Crippen LogP contribution in [0.5, 0.6) is 5.75 Å². The SMILES string of the molecule is NS(=O)(=O)c1ccc(C2=C(c3ccc(Br)s3)Cc3ccccc3O2)cc1. The standard InChI is InChI=1S/C19H14BrNO3S2/c20-18-10-9-17(25-18)15-11-13-3-1-2-4-16(13)24-19(15)12-5-7-14(8-6-12)26(21,22)23/h1-10H,11H2,(H2,21,22,23). The van der Waals surface area contributed by atoms with Crippen molar-refractivity contribution in [1.82, 2.24) is 0 Å². The number of allylic oxidation sites excluding steroid dienone is 1. The van der Waals surface area contributed by atoms with Crippen molar-refractivity contribution in [3.63, 3.8) is 0 Å². The molecule has 0 saturated carbocycles. The lowest BCUT2D eigenvalue weighted by atomic mass is 9.96. The Morgan fingerprint density at radius 2 is 1.73 bits per heavy atom. The highest BCUT2D eigenvalue weighted by atomic mass is 79.9. The van der Waals surface area contributed by atoms with Gasteiger partial charge in [-0.15, -0.1) is 11.3 Å². The van der Waals surface area contributed by atoms with E-state index in [-0.39, 0.29) is 4.90 Å². The molecule has 0 saturated heterocycles. The number of primary sulfonamides is 1. The molecule has 0 unspecified atom stereocenters. The smallest absolute Gasteiger partial charge is 0.238 e. The van der Waals surface area contributed by atoms with Gasteiger partial charge in [0, 0.05) is 22.4 Å². The van der Waals surface area contributed by atoms with Crippen molar-refractivity contribution in [2.45, 2.75) is 11.3 Å². The van der Waals surface area contributed by atoms with Crippen LogP contribution in [0.15, 0.2) is 69.3 Å². The van der Waals surface area contributed by atoms with Gasteiger partial charge in [-0.25, -0.2) is 13.6 Å². The monoisotopic (exact) mass is 447 g/mol. The summed E-state index contributed by atoms with van der Waals surface area (Å²) in [6.07, 6.45) is 0.745. The van der Waals surface area contributed by atoms with Gasteiger partial charge >= 0.3 is 0 Å². The van der Waals surface area contributed by atoms with Crippen LogP contribution in [0.1, 0.15) is 16.0 Å². The molecule has 0 aliphatic carbocycles. The van der Waals surface area contributed by atoms with E-state index in [1.165, 1.54) is 12.1 Å². The molecule has 4 nitrogen and oxygen atoms in total. The average molecular weight is 448 g/mol. The molecular formula is C19H14BrNO3S2. The molecule has 3 aromatic rings. The summed E-state index contributed by atoms with van der Waals surface area (Å²) >= 11 is 5.15. The molecule has 26 heavy (non-hydrogen) atoms. The second kappa shape index (κ2) is 6.66. The number of thiophene rings is 1. The number of halogens is 1. The Kier molecular flexibility index (Phi) is 4.48. The first-order chi connectivity index (χ1) is 12.4. The fourth-order valence-corrected chi connectivity index (χ4v) is 4.84. The zero-order valence-corrected chi connectivity index (χ0v) is 16.7. The van der Waals surface area contributed by atoms with Crippen molar-refractivity contribution in [1.29, 1.82) is 0 Å². The number of rotatable bonds is 3. The summed E-state index contributed by atoms with van der Waals surface area (Å²) in [4.78, 5) is 1.19. The summed E-state index contributed by atoms with van der Waals surface area (Å²) in [5.41, 5.74) is 3.01. The topological polar surface area (TPSA) is 69.4 Å². The number of sulfonamides is 1. The largest absolute Gasteiger partial charge is 0.456 e. The van der Waals surface area contributed by atoms with Gasteiger partial charge in [-0.2, -0.15) is 0 Å². The highest BCUT2D eigenvalue weighted by Gasteiger charge is 2.23. The Balaban J connectivity index is 1.85. The lowest BCUT2D eigenvalue weighted by molar-refractivity contribution is 0.502. The van der Waals surface area contributed by atoms with E-state index in [4.69, 9.17) is 9.88 Å². The first kappa shape index (κ1) is 17.5. The Hall–Kier alpha value is -1.93. The first-order valence-electron chi connectivity index (χ1n) is 7.80. The van der Waals surface area contributed by atoms with Gasteiger partial charge < -0.3 is 4.74 Å². The number of nitrogens with two attached hydrogens (primary N) is 1. The maximum absolute atomic E-state index is 11.5. The summed E-state index contributed by atoms with van der Waals surface area (Å²) in [5, 5.41) is 5.20. The van der Waals surface area contributed by atoms with Crippen molar-refractivity contribution in [2.75, 3.05) is 0 Å². The highest BCUT2D eigenvalue weighted by Crippen LogP contribution is 2.41. The minimum atomic E-state index is -3.72. The molecule has 1 aliphatic rings. The van der Waals surface area contributed by atoms with Gasteiger partial charge in [-0.05, 0) is 64.0 Å². The number of hydrogen-bond donors (Lipinski definition) is 1.